The second-order valence-corrected chi connectivity index (χ2v) is 7.66. The first kappa shape index (κ1) is 17.6. The van der Waals surface area contributed by atoms with Crippen LogP contribution in [0.1, 0.15) is 29.0 Å². The van der Waals surface area contributed by atoms with Crippen LogP contribution in [0.4, 0.5) is 0 Å². The Morgan fingerprint density at radius 1 is 1.07 bits per heavy atom. The van der Waals surface area contributed by atoms with E-state index in [1.165, 1.54) is 18.3 Å². The van der Waals surface area contributed by atoms with Crippen LogP contribution in [0.5, 0.6) is 0 Å². The molecule has 6 rings (SSSR count). The van der Waals surface area contributed by atoms with E-state index in [0.717, 1.165) is 17.9 Å². The van der Waals surface area contributed by atoms with Gasteiger partial charge in [0.15, 0.2) is 0 Å². The van der Waals surface area contributed by atoms with Crippen molar-refractivity contribution in [3.8, 4) is 11.3 Å². The minimum Gasteiger partial charge on any atom is -0.478 e. The Morgan fingerprint density at radius 2 is 1.76 bits per heavy atom. The van der Waals surface area contributed by atoms with Gasteiger partial charge in [0.05, 0.1) is 23.6 Å². The highest BCUT2D eigenvalue weighted by atomic mass is 16.4. The molecular weight excluding hydrogens is 372 g/mol. The molecule has 1 aromatic carbocycles. The highest BCUT2D eigenvalue weighted by Gasteiger charge is 2.56. The lowest BCUT2D eigenvalue weighted by molar-refractivity contribution is -0.140. The number of carbonyl (C=O) groups is 3. The summed E-state index contributed by atoms with van der Waals surface area (Å²) < 4.78 is 5.70. The number of carbonyl (C=O) groups excluding carboxylic acids is 2. The van der Waals surface area contributed by atoms with Gasteiger partial charge in [-0.3, -0.25) is 9.59 Å². The molecule has 146 valence electrons. The first-order valence-electron chi connectivity index (χ1n) is 9.56. The van der Waals surface area contributed by atoms with Gasteiger partial charge in [0.1, 0.15) is 11.5 Å². The molecule has 1 saturated heterocycles. The molecule has 4 unspecified atom stereocenters. The van der Waals surface area contributed by atoms with E-state index in [1.807, 2.05) is 0 Å². The third kappa shape index (κ3) is 2.81. The smallest absolute Gasteiger partial charge is 0.335 e. The fourth-order valence-corrected chi connectivity index (χ4v) is 4.67. The summed E-state index contributed by atoms with van der Waals surface area (Å²) in [6, 6.07) is 9.76. The number of hydrogen-bond acceptors (Lipinski definition) is 5. The second kappa shape index (κ2) is 6.55. The van der Waals surface area contributed by atoms with Gasteiger partial charge < -0.3 is 9.52 Å². The molecule has 2 fully saturated rings. The van der Waals surface area contributed by atoms with E-state index in [0.29, 0.717) is 17.1 Å². The van der Waals surface area contributed by atoms with E-state index in [9.17, 15) is 14.4 Å². The molecule has 2 bridgehead atoms. The largest absolute Gasteiger partial charge is 0.478 e. The third-order valence-electron chi connectivity index (χ3n) is 6.06. The first-order chi connectivity index (χ1) is 14.0. The van der Waals surface area contributed by atoms with E-state index >= 15 is 0 Å². The monoisotopic (exact) mass is 390 g/mol. The van der Waals surface area contributed by atoms with Crippen LogP contribution in [0.25, 0.3) is 11.3 Å². The van der Waals surface area contributed by atoms with E-state index in [-0.39, 0.29) is 41.0 Å². The molecule has 4 aliphatic rings. The van der Waals surface area contributed by atoms with Crippen molar-refractivity contribution >= 4 is 24.0 Å². The maximum Gasteiger partial charge on any atom is 0.335 e. The predicted octanol–water partition coefficient (Wildman–Crippen LogP) is 3.18. The van der Waals surface area contributed by atoms with Crippen molar-refractivity contribution < 1.29 is 23.9 Å². The molecule has 0 radical (unpaired) electrons. The Labute approximate surface area is 166 Å². The van der Waals surface area contributed by atoms with Crippen molar-refractivity contribution in [3.05, 3.63) is 59.9 Å². The third-order valence-corrected chi connectivity index (χ3v) is 6.06. The lowest BCUT2D eigenvalue weighted by atomic mass is 9.63. The lowest BCUT2D eigenvalue weighted by Crippen LogP contribution is -2.38. The minimum absolute atomic E-state index is 0.123. The molecule has 3 aliphatic carbocycles. The summed E-state index contributed by atoms with van der Waals surface area (Å²) in [4.78, 5) is 36.7. The minimum atomic E-state index is -1.02. The van der Waals surface area contributed by atoms with Gasteiger partial charge in [-0.25, -0.2) is 4.79 Å². The molecule has 7 heteroatoms. The van der Waals surface area contributed by atoms with E-state index in [1.54, 1.807) is 24.3 Å². The van der Waals surface area contributed by atoms with Crippen LogP contribution >= 0.6 is 0 Å². The number of carboxylic acids is 1. The molecule has 0 spiro atoms. The Kier molecular flexibility index (Phi) is 3.97. The van der Waals surface area contributed by atoms with Crippen molar-refractivity contribution in [2.75, 3.05) is 0 Å². The highest BCUT2D eigenvalue weighted by molar-refractivity contribution is 6.06. The van der Waals surface area contributed by atoms with Gasteiger partial charge >= 0.3 is 5.97 Å². The van der Waals surface area contributed by atoms with Crippen molar-refractivity contribution in [1.82, 2.24) is 5.01 Å². The number of furan rings is 1. The molecule has 1 N–H and O–H groups in total. The maximum absolute atomic E-state index is 12.8. The Hall–Kier alpha value is -3.48. The van der Waals surface area contributed by atoms with Crippen molar-refractivity contribution in [2.24, 2.45) is 28.8 Å². The van der Waals surface area contributed by atoms with E-state index < -0.39 is 5.97 Å². The molecular formula is C22H18N2O5. The number of aromatic carboxylic acids is 1. The number of hydrogen-bond donors (Lipinski definition) is 1. The number of imide groups is 1. The average Bonchev–Trinajstić information content (AvgIpc) is 3.32. The van der Waals surface area contributed by atoms with Gasteiger partial charge in [0, 0.05) is 5.56 Å². The number of rotatable bonds is 4. The van der Waals surface area contributed by atoms with Gasteiger partial charge in [-0.15, -0.1) is 0 Å². The zero-order chi connectivity index (χ0) is 20.1. The molecule has 2 aromatic rings. The first-order valence-corrected chi connectivity index (χ1v) is 9.56. The van der Waals surface area contributed by atoms with Crippen LogP contribution in [0.3, 0.4) is 0 Å². The number of carboxylic acid groups (broad SMARTS) is 1. The van der Waals surface area contributed by atoms with E-state index in [4.69, 9.17) is 9.52 Å². The fourth-order valence-electron chi connectivity index (χ4n) is 4.67. The van der Waals surface area contributed by atoms with E-state index in [2.05, 4.69) is 17.3 Å². The molecule has 7 nitrogen and oxygen atoms in total. The van der Waals surface area contributed by atoms with Crippen molar-refractivity contribution in [3.63, 3.8) is 0 Å². The summed E-state index contributed by atoms with van der Waals surface area (Å²) in [5.41, 5.74) is 0.778. The van der Waals surface area contributed by atoms with Gasteiger partial charge in [0.25, 0.3) is 11.8 Å². The van der Waals surface area contributed by atoms with Crippen LogP contribution in [-0.2, 0) is 9.59 Å². The number of nitrogens with zero attached hydrogens (tertiary/aromatic N) is 2. The van der Waals surface area contributed by atoms with Crippen molar-refractivity contribution in [2.45, 2.75) is 12.8 Å². The molecule has 1 saturated carbocycles. The zero-order valence-electron chi connectivity index (χ0n) is 15.4. The summed E-state index contributed by atoms with van der Waals surface area (Å²) >= 11 is 0. The van der Waals surface area contributed by atoms with Crippen LogP contribution < -0.4 is 0 Å². The average molecular weight is 390 g/mol. The predicted molar refractivity (Wildman–Crippen MR) is 103 cm³/mol. The quantitative estimate of drug-likeness (QED) is 0.491. The Bertz CT molecular complexity index is 1050. The highest BCUT2D eigenvalue weighted by Crippen LogP contribution is 2.49. The maximum atomic E-state index is 12.8. The Balaban J connectivity index is 1.37. The summed E-state index contributed by atoms with van der Waals surface area (Å²) in [6.45, 7) is 0. The van der Waals surface area contributed by atoms with Gasteiger partial charge in [0.2, 0.25) is 0 Å². The molecule has 1 aliphatic heterocycles. The number of allylic oxidation sites excluding steroid dienone is 2. The number of benzene rings is 1. The number of fused-ring (bicyclic) bond motifs is 1. The number of hydrazone groups is 1. The SMILES string of the molecule is O=C(O)c1cccc(-c2ccc(/C=N/N3C(=O)C4C5C=CC(CC5)C4C3=O)o2)c1. The van der Waals surface area contributed by atoms with Crippen LogP contribution in [0.2, 0.25) is 0 Å². The van der Waals surface area contributed by atoms with Gasteiger partial charge in [-0.1, -0.05) is 24.3 Å². The van der Waals surface area contributed by atoms with Gasteiger partial charge in [-0.05, 0) is 48.9 Å². The topological polar surface area (TPSA) is 100 Å². The van der Waals surface area contributed by atoms with Crippen LogP contribution in [0.15, 0.2) is 58.1 Å². The molecule has 2 amide bonds. The van der Waals surface area contributed by atoms with Crippen LogP contribution in [-0.4, -0.2) is 34.1 Å². The van der Waals surface area contributed by atoms with Crippen molar-refractivity contribution in [1.29, 1.82) is 0 Å². The molecule has 2 heterocycles. The summed E-state index contributed by atoms with van der Waals surface area (Å²) in [5, 5.41) is 14.2. The second-order valence-electron chi connectivity index (χ2n) is 7.66. The van der Waals surface area contributed by atoms with Gasteiger partial charge in [-0.2, -0.15) is 10.1 Å². The van der Waals surface area contributed by atoms with Crippen LogP contribution in [0, 0.1) is 23.7 Å². The fraction of sp³-hybridized carbons (Fsp3) is 0.273. The molecule has 1 aromatic heterocycles. The lowest BCUT2D eigenvalue weighted by Gasteiger charge is -2.37. The summed E-state index contributed by atoms with van der Waals surface area (Å²) in [6.07, 6.45) is 7.37. The molecule has 4 atom stereocenters. The summed E-state index contributed by atoms with van der Waals surface area (Å²) in [7, 11) is 0. The normalized spacial score (nSPS) is 27.8. The Morgan fingerprint density at radius 3 is 2.38 bits per heavy atom. The zero-order valence-corrected chi connectivity index (χ0v) is 15.4. The summed E-state index contributed by atoms with van der Waals surface area (Å²) in [5.74, 6) is -0.995. The number of amides is 2. The standard InChI is InChI=1S/C22H18N2O5/c25-20-18-12-4-5-13(7-6-12)19(18)21(26)24(20)23-11-16-8-9-17(29-16)14-2-1-3-15(10-14)22(27)28/h1-5,8-13,18-19H,6-7H2,(H,27,28)/b23-11+. The molecule has 29 heavy (non-hydrogen) atoms.